The molecule has 1 heterocycles. The molecule has 1 amide bonds. The van der Waals surface area contributed by atoms with Crippen LogP contribution in [0, 0.1) is 12.7 Å². The molecule has 8 heteroatoms. The third-order valence-electron chi connectivity index (χ3n) is 3.24. The van der Waals surface area contributed by atoms with Crippen molar-refractivity contribution in [3.8, 4) is 5.75 Å². The zero-order valence-electron chi connectivity index (χ0n) is 13.1. The van der Waals surface area contributed by atoms with Crippen molar-refractivity contribution in [2.45, 2.75) is 13.5 Å². The molecule has 128 valence electrons. The first kappa shape index (κ1) is 17.1. The Hall–Kier alpha value is -2.74. The number of ether oxygens (including phenoxy) is 1. The molecule has 0 aliphatic heterocycles. The molecule has 0 aliphatic rings. The van der Waals surface area contributed by atoms with Crippen LogP contribution in [0.3, 0.4) is 0 Å². The van der Waals surface area contributed by atoms with Gasteiger partial charge in [-0.25, -0.2) is 4.39 Å². The Balaban J connectivity index is 1.76. The lowest BCUT2D eigenvalue weighted by atomic mass is 10.2. The Morgan fingerprint density at radius 3 is 2.84 bits per heavy atom. The standard InChI is InChI=1S/C17H13BrFN3O3/c1-10-20-16(22-25-10)9-24-15-5-3-2-4-12(15)17(23)21-14-7-6-11(18)8-13(14)19/h2-8H,9H2,1H3,(H,21,23). The molecule has 0 saturated heterocycles. The lowest BCUT2D eigenvalue weighted by molar-refractivity contribution is 0.102. The number of anilines is 1. The minimum atomic E-state index is -0.539. The fourth-order valence-electron chi connectivity index (χ4n) is 2.10. The number of para-hydroxylation sites is 1. The lowest BCUT2D eigenvalue weighted by Gasteiger charge is -2.11. The van der Waals surface area contributed by atoms with Crippen LogP contribution in [0.15, 0.2) is 51.5 Å². The van der Waals surface area contributed by atoms with Crippen molar-refractivity contribution in [2.75, 3.05) is 5.32 Å². The predicted molar refractivity (Wildman–Crippen MR) is 91.9 cm³/mol. The number of aryl methyl sites for hydroxylation is 1. The monoisotopic (exact) mass is 405 g/mol. The Labute approximate surface area is 151 Å². The topological polar surface area (TPSA) is 77.2 Å². The van der Waals surface area contributed by atoms with Crippen molar-refractivity contribution in [2.24, 2.45) is 0 Å². The van der Waals surface area contributed by atoms with Gasteiger partial charge in [-0.3, -0.25) is 4.79 Å². The number of amides is 1. The molecule has 0 saturated carbocycles. The van der Waals surface area contributed by atoms with Crippen LogP contribution < -0.4 is 10.1 Å². The van der Waals surface area contributed by atoms with E-state index in [1.54, 1.807) is 37.3 Å². The summed E-state index contributed by atoms with van der Waals surface area (Å²) in [6.45, 7) is 1.72. The number of halogens is 2. The van der Waals surface area contributed by atoms with E-state index in [2.05, 4.69) is 31.4 Å². The number of benzene rings is 2. The highest BCUT2D eigenvalue weighted by Gasteiger charge is 2.15. The quantitative estimate of drug-likeness (QED) is 0.690. The first-order valence-corrected chi connectivity index (χ1v) is 8.09. The first-order chi connectivity index (χ1) is 12.0. The van der Waals surface area contributed by atoms with Crippen molar-refractivity contribution in [3.63, 3.8) is 0 Å². The van der Waals surface area contributed by atoms with Gasteiger partial charge in [-0.15, -0.1) is 0 Å². The molecule has 0 atom stereocenters. The van der Waals surface area contributed by atoms with E-state index in [1.807, 2.05) is 0 Å². The number of hydrogen-bond donors (Lipinski definition) is 1. The van der Waals surface area contributed by atoms with Crippen LogP contribution in [0.1, 0.15) is 22.1 Å². The Kier molecular flexibility index (Phi) is 5.08. The van der Waals surface area contributed by atoms with Crippen LogP contribution in [0.4, 0.5) is 10.1 Å². The zero-order chi connectivity index (χ0) is 17.8. The number of hydrogen-bond acceptors (Lipinski definition) is 5. The van der Waals surface area contributed by atoms with Crippen molar-refractivity contribution in [1.29, 1.82) is 0 Å². The number of nitrogens with one attached hydrogen (secondary N) is 1. The second kappa shape index (κ2) is 7.43. The maximum absolute atomic E-state index is 13.9. The van der Waals surface area contributed by atoms with E-state index in [-0.39, 0.29) is 17.9 Å². The normalized spacial score (nSPS) is 10.5. The summed E-state index contributed by atoms with van der Waals surface area (Å²) in [5.74, 6) is 0.103. The number of carbonyl (C=O) groups is 1. The van der Waals surface area contributed by atoms with E-state index in [4.69, 9.17) is 9.26 Å². The van der Waals surface area contributed by atoms with E-state index < -0.39 is 11.7 Å². The summed E-state index contributed by atoms with van der Waals surface area (Å²) in [6, 6.07) is 11.0. The average Bonchev–Trinajstić information content (AvgIpc) is 3.01. The van der Waals surface area contributed by atoms with Gasteiger partial charge in [0.05, 0.1) is 11.3 Å². The van der Waals surface area contributed by atoms with Crippen LogP contribution in [0.25, 0.3) is 0 Å². The molecule has 0 aliphatic carbocycles. The van der Waals surface area contributed by atoms with Gasteiger partial charge in [0.25, 0.3) is 5.91 Å². The molecule has 0 spiro atoms. The second-order valence-electron chi connectivity index (χ2n) is 5.09. The van der Waals surface area contributed by atoms with Gasteiger partial charge in [-0.05, 0) is 30.3 Å². The van der Waals surface area contributed by atoms with Crippen molar-refractivity contribution >= 4 is 27.5 Å². The number of rotatable bonds is 5. The third kappa shape index (κ3) is 4.21. The number of nitrogens with zero attached hydrogens (tertiary/aromatic N) is 2. The van der Waals surface area contributed by atoms with E-state index in [1.165, 1.54) is 12.1 Å². The molecule has 6 nitrogen and oxygen atoms in total. The number of aromatic nitrogens is 2. The highest BCUT2D eigenvalue weighted by atomic mass is 79.9. The first-order valence-electron chi connectivity index (χ1n) is 7.30. The summed E-state index contributed by atoms with van der Waals surface area (Å²) < 4.78 is 24.9. The molecule has 0 fully saturated rings. The molecule has 25 heavy (non-hydrogen) atoms. The van der Waals surface area contributed by atoms with Gasteiger partial charge in [-0.2, -0.15) is 4.98 Å². The molecule has 1 N–H and O–H groups in total. The van der Waals surface area contributed by atoms with Crippen molar-refractivity contribution in [3.05, 3.63) is 70.0 Å². The maximum atomic E-state index is 13.9. The molecule has 2 aromatic carbocycles. The molecule has 3 aromatic rings. The molecule has 0 unspecified atom stereocenters. The Morgan fingerprint density at radius 2 is 2.12 bits per heavy atom. The second-order valence-corrected chi connectivity index (χ2v) is 6.01. The van der Waals surface area contributed by atoms with Gasteiger partial charge in [0.1, 0.15) is 11.6 Å². The lowest BCUT2D eigenvalue weighted by Crippen LogP contribution is -2.14. The fourth-order valence-corrected chi connectivity index (χ4v) is 2.44. The van der Waals surface area contributed by atoms with Crippen LogP contribution in [-0.4, -0.2) is 16.0 Å². The minimum absolute atomic E-state index is 0.0499. The van der Waals surface area contributed by atoms with Crippen molar-refractivity contribution < 1.29 is 18.4 Å². The third-order valence-corrected chi connectivity index (χ3v) is 3.73. The summed E-state index contributed by atoms with van der Waals surface area (Å²) in [5, 5.41) is 6.26. The van der Waals surface area contributed by atoms with E-state index >= 15 is 0 Å². The van der Waals surface area contributed by atoms with Gasteiger partial charge < -0.3 is 14.6 Å². The fraction of sp³-hybridized carbons (Fsp3) is 0.118. The Bertz CT molecular complexity index is 914. The summed E-state index contributed by atoms with van der Waals surface area (Å²) >= 11 is 3.17. The number of carbonyl (C=O) groups excluding carboxylic acids is 1. The van der Waals surface area contributed by atoms with Gasteiger partial charge in [0.15, 0.2) is 6.61 Å². The van der Waals surface area contributed by atoms with Gasteiger partial charge in [0.2, 0.25) is 11.7 Å². The predicted octanol–water partition coefficient (Wildman–Crippen LogP) is 4.11. The highest BCUT2D eigenvalue weighted by Crippen LogP contribution is 2.23. The van der Waals surface area contributed by atoms with Crippen LogP contribution in [-0.2, 0) is 6.61 Å². The van der Waals surface area contributed by atoms with E-state index in [9.17, 15) is 9.18 Å². The molecule has 0 radical (unpaired) electrons. The van der Waals surface area contributed by atoms with Crippen LogP contribution >= 0.6 is 15.9 Å². The minimum Gasteiger partial charge on any atom is -0.485 e. The van der Waals surface area contributed by atoms with Crippen molar-refractivity contribution in [1.82, 2.24) is 10.1 Å². The van der Waals surface area contributed by atoms with Gasteiger partial charge >= 0.3 is 0 Å². The molecule has 3 rings (SSSR count). The van der Waals surface area contributed by atoms with Crippen LogP contribution in [0.2, 0.25) is 0 Å². The SMILES string of the molecule is Cc1nc(COc2ccccc2C(=O)Nc2ccc(Br)cc2F)no1. The molecule has 1 aromatic heterocycles. The van der Waals surface area contributed by atoms with Crippen LogP contribution in [0.5, 0.6) is 5.75 Å². The maximum Gasteiger partial charge on any atom is 0.259 e. The van der Waals surface area contributed by atoms with Gasteiger partial charge in [-0.1, -0.05) is 33.2 Å². The van der Waals surface area contributed by atoms with E-state index in [0.717, 1.165) is 0 Å². The summed E-state index contributed by atoms with van der Waals surface area (Å²) in [5.41, 5.74) is 0.349. The Morgan fingerprint density at radius 1 is 1.32 bits per heavy atom. The summed E-state index contributed by atoms with van der Waals surface area (Å²) in [7, 11) is 0. The largest absolute Gasteiger partial charge is 0.485 e. The molecule has 0 bridgehead atoms. The smallest absolute Gasteiger partial charge is 0.259 e. The highest BCUT2D eigenvalue weighted by molar-refractivity contribution is 9.10. The van der Waals surface area contributed by atoms with E-state index in [0.29, 0.717) is 21.9 Å². The molecular formula is C17H13BrFN3O3. The summed E-state index contributed by atoms with van der Waals surface area (Å²) in [4.78, 5) is 16.5. The van der Waals surface area contributed by atoms with Gasteiger partial charge in [0, 0.05) is 11.4 Å². The summed E-state index contributed by atoms with van der Waals surface area (Å²) in [6.07, 6.45) is 0. The zero-order valence-corrected chi connectivity index (χ0v) is 14.7. The average molecular weight is 406 g/mol. The molecular weight excluding hydrogens is 393 g/mol.